The van der Waals surface area contributed by atoms with Crippen LogP contribution in [0.2, 0.25) is 0 Å². The summed E-state index contributed by atoms with van der Waals surface area (Å²) < 4.78 is 5.29. The first-order valence-electron chi connectivity index (χ1n) is 7.13. The molecule has 0 spiro atoms. The predicted molar refractivity (Wildman–Crippen MR) is 87.0 cm³/mol. The van der Waals surface area contributed by atoms with E-state index in [1.54, 1.807) is 6.07 Å². The van der Waals surface area contributed by atoms with Gasteiger partial charge < -0.3 is 10.2 Å². The van der Waals surface area contributed by atoms with Crippen molar-refractivity contribution < 1.29 is 4.42 Å². The first-order valence-corrected chi connectivity index (χ1v) is 7.13. The molecule has 3 rings (SSSR count). The van der Waals surface area contributed by atoms with Crippen LogP contribution in [0.5, 0.6) is 0 Å². The molecular weight excluding hydrogens is 288 g/mol. The highest BCUT2D eigenvalue weighted by Gasteiger charge is 2.18. The summed E-state index contributed by atoms with van der Waals surface area (Å²) in [7, 11) is 0. The zero-order valence-electron chi connectivity index (χ0n) is 12.2. The van der Waals surface area contributed by atoms with E-state index in [0.717, 1.165) is 49.0 Å². The van der Waals surface area contributed by atoms with Crippen LogP contribution in [0.1, 0.15) is 24.0 Å². The van der Waals surface area contributed by atoms with E-state index in [0.29, 0.717) is 5.58 Å². The lowest BCUT2D eigenvalue weighted by atomic mass is 10.0. The third-order valence-electron chi connectivity index (χ3n) is 3.92. The maximum Gasteiger partial charge on any atom is 0.336 e. The van der Waals surface area contributed by atoms with Gasteiger partial charge in [-0.25, -0.2) is 4.79 Å². The zero-order valence-corrected chi connectivity index (χ0v) is 13.0. The molecule has 5 heteroatoms. The Morgan fingerprint density at radius 2 is 2.19 bits per heavy atom. The fraction of sp³-hybridized carbons (Fsp3) is 0.438. The maximum absolute atomic E-state index is 11.7. The molecule has 21 heavy (non-hydrogen) atoms. The van der Waals surface area contributed by atoms with Gasteiger partial charge in [0.05, 0.1) is 0 Å². The quantitative estimate of drug-likeness (QED) is 0.866. The predicted octanol–water partition coefficient (Wildman–Crippen LogP) is 2.45. The fourth-order valence-electron chi connectivity index (χ4n) is 2.94. The zero-order chi connectivity index (χ0) is 14.1. The number of nitrogens with two attached hydrogens (primary N) is 1. The Hall–Kier alpha value is -1.36. The van der Waals surface area contributed by atoms with Crippen molar-refractivity contribution in [1.29, 1.82) is 0 Å². The molecule has 1 aliphatic heterocycles. The highest BCUT2D eigenvalue weighted by Crippen LogP contribution is 2.21. The second-order valence-corrected chi connectivity index (χ2v) is 5.73. The Labute approximate surface area is 130 Å². The van der Waals surface area contributed by atoms with Gasteiger partial charge in [-0.1, -0.05) is 12.1 Å². The van der Waals surface area contributed by atoms with Gasteiger partial charge in [0.25, 0.3) is 0 Å². The molecule has 114 valence electrons. The minimum atomic E-state index is -0.278. The number of hydrogen-bond donors (Lipinski definition) is 1. The van der Waals surface area contributed by atoms with E-state index >= 15 is 0 Å². The molecule has 0 bridgehead atoms. The van der Waals surface area contributed by atoms with Crippen LogP contribution in [0, 0.1) is 6.92 Å². The maximum atomic E-state index is 11.7. The summed E-state index contributed by atoms with van der Waals surface area (Å²) in [5, 5.41) is 1.02. The summed E-state index contributed by atoms with van der Waals surface area (Å²) in [6, 6.07) is 7.86. The summed E-state index contributed by atoms with van der Waals surface area (Å²) in [6.45, 7) is 4.70. The lowest BCUT2D eigenvalue weighted by Crippen LogP contribution is -2.42. The van der Waals surface area contributed by atoms with Crippen LogP contribution in [0.25, 0.3) is 11.0 Å². The van der Waals surface area contributed by atoms with Gasteiger partial charge >= 0.3 is 5.63 Å². The molecule has 1 aliphatic rings. The van der Waals surface area contributed by atoms with Crippen molar-refractivity contribution in [3.8, 4) is 0 Å². The van der Waals surface area contributed by atoms with Gasteiger partial charge in [-0.2, -0.15) is 0 Å². The van der Waals surface area contributed by atoms with E-state index in [4.69, 9.17) is 10.2 Å². The first-order chi connectivity index (χ1) is 9.61. The fourth-order valence-corrected chi connectivity index (χ4v) is 2.94. The molecule has 0 aliphatic carbocycles. The summed E-state index contributed by atoms with van der Waals surface area (Å²) >= 11 is 0. The molecule has 1 fully saturated rings. The average Bonchev–Trinajstić information content (AvgIpc) is 2.37. The average molecular weight is 309 g/mol. The van der Waals surface area contributed by atoms with Crippen molar-refractivity contribution in [3.63, 3.8) is 0 Å². The van der Waals surface area contributed by atoms with Crippen LogP contribution >= 0.6 is 12.4 Å². The van der Waals surface area contributed by atoms with Gasteiger partial charge in [0, 0.05) is 30.6 Å². The molecule has 0 amide bonds. The Balaban J connectivity index is 0.00000161. The van der Waals surface area contributed by atoms with Gasteiger partial charge in [0.2, 0.25) is 0 Å². The number of aryl methyl sites for hydroxylation is 1. The van der Waals surface area contributed by atoms with E-state index in [1.165, 1.54) is 0 Å². The van der Waals surface area contributed by atoms with E-state index < -0.39 is 0 Å². The number of likely N-dealkylation sites (tertiary alicyclic amines) is 1. The van der Waals surface area contributed by atoms with Gasteiger partial charge in [-0.3, -0.25) is 4.90 Å². The number of rotatable bonds is 2. The standard InChI is InChI=1S/C16H20N2O2.ClH/c1-11-4-5-14-12(8-16(19)20-15(14)7-11)9-18-6-2-3-13(17)10-18;/h4-5,7-8,13H,2-3,6,9-10,17H2,1H3;1H. The lowest BCUT2D eigenvalue weighted by molar-refractivity contribution is 0.202. The molecule has 4 nitrogen and oxygen atoms in total. The van der Waals surface area contributed by atoms with Crippen LogP contribution in [-0.2, 0) is 6.54 Å². The Morgan fingerprint density at radius 3 is 2.95 bits per heavy atom. The third kappa shape index (κ3) is 3.64. The van der Waals surface area contributed by atoms with E-state index in [-0.39, 0.29) is 24.1 Å². The molecule has 1 unspecified atom stereocenters. The Bertz CT molecular complexity index is 684. The van der Waals surface area contributed by atoms with Gasteiger partial charge in [0.1, 0.15) is 5.58 Å². The number of halogens is 1. The van der Waals surface area contributed by atoms with Gasteiger partial charge in [0.15, 0.2) is 0 Å². The Kier molecular flexibility index (Phi) is 5.04. The number of hydrogen-bond acceptors (Lipinski definition) is 4. The van der Waals surface area contributed by atoms with Gasteiger partial charge in [-0.05, 0) is 43.5 Å². The molecule has 2 heterocycles. The molecule has 2 N–H and O–H groups in total. The molecule has 1 atom stereocenters. The molecule has 0 saturated carbocycles. The van der Waals surface area contributed by atoms with Crippen molar-refractivity contribution in [2.24, 2.45) is 5.73 Å². The second kappa shape index (κ2) is 6.60. The summed E-state index contributed by atoms with van der Waals surface area (Å²) in [5.41, 5.74) is 8.54. The van der Waals surface area contributed by atoms with Crippen molar-refractivity contribution in [2.75, 3.05) is 13.1 Å². The summed E-state index contributed by atoms with van der Waals surface area (Å²) in [6.07, 6.45) is 2.22. The monoisotopic (exact) mass is 308 g/mol. The second-order valence-electron chi connectivity index (χ2n) is 5.73. The summed E-state index contributed by atoms with van der Waals surface area (Å²) in [5.74, 6) is 0. The number of benzene rings is 1. The Morgan fingerprint density at radius 1 is 1.38 bits per heavy atom. The van der Waals surface area contributed by atoms with Crippen molar-refractivity contribution in [2.45, 2.75) is 32.4 Å². The summed E-state index contributed by atoms with van der Waals surface area (Å²) in [4.78, 5) is 14.0. The van der Waals surface area contributed by atoms with Crippen molar-refractivity contribution >= 4 is 23.4 Å². The molecule has 1 aromatic carbocycles. The topological polar surface area (TPSA) is 59.5 Å². The van der Waals surface area contributed by atoms with E-state index in [9.17, 15) is 4.79 Å². The van der Waals surface area contributed by atoms with Crippen LogP contribution in [-0.4, -0.2) is 24.0 Å². The van der Waals surface area contributed by atoms with Gasteiger partial charge in [-0.15, -0.1) is 12.4 Å². The molecule has 1 saturated heterocycles. The molecule has 0 radical (unpaired) electrons. The van der Waals surface area contributed by atoms with Crippen LogP contribution in [0.4, 0.5) is 0 Å². The molecule has 2 aromatic rings. The molecule has 1 aromatic heterocycles. The molecular formula is C16H21ClN2O2. The van der Waals surface area contributed by atoms with Crippen LogP contribution in [0.3, 0.4) is 0 Å². The van der Waals surface area contributed by atoms with Crippen molar-refractivity contribution in [3.05, 3.63) is 45.8 Å². The number of nitrogens with zero attached hydrogens (tertiary/aromatic N) is 1. The highest BCUT2D eigenvalue weighted by atomic mass is 35.5. The minimum Gasteiger partial charge on any atom is -0.423 e. The normalized spacial score (nSPS) is 19.4. The number of piperidine rings is 1. The first kappa shape index (κ1) is 16.0. The smallest absolute Gasteiger partial charge is 0.336 e. The third-order valence-corrected chi connectivity index (χ3v) is 3.92. The SMILES string of the molecule is Cc1ccc2c(CN3CCCC(N)C3)cc(=O)oc2c1.Cl. The van der Waals surface area contributed by atoms with E-state index in [1.807, 2.05) is 25.1 Å². The van der Waals surface area contributed by atoms with Crippen LogP contribution < -0.4 is 11.4 Å². The number of fused-ring (bicyclic) bond motifs is 1. The van der Waals surface area contributed by atoms with E-state index in [2.05, 4.69) is 4.90 Å². The minimum absolute atomic E-state index is 0. The van der Waals surface area contributed by atoms with Crippen LogP contribution in [0.15, 0.2) is 33.5 Å². The highest BCUT2D eigenvalue weighted by molar-refractivity contribution is 5.85. The largest absolute Gasteiger partial charge is 0.423 e. The lowest BCUT2D eigenvalue weighted by Gasteiger charge is -2.30. The van der Waals surface area contributed by atoms with Crippen molar-refractivity contribution in [1.82, 2.24) is 4.90 Å².